The molecule has 2 atom stereocenters. The molecule has 0 saturated heterocycles. The van der Waals surface area contributed by atoms with Crippen molar-refractivity contribution in [2.75, 3.05) is 6.61 Å². The summed E-state index contributed by atoms with van der Waals surface area (Å²) in [5.74, 6) is 0.739. The van der Waals surface area contributed by atoms with Crippen LogP contribution in [-0.4, -0.2) is 37.5 Å². The summed E-state index contributed by atoms with van der Waals surface area (Å²) < 4.78 is 7.34. The smallest absolute Gasteiger partial charge is 0.277 e. The molecule has 0 radical (unpaired) electrons. The van der Waals surface area contributed by atoms with Gasteiger partial charge in [-0.2, -0.15) is 5.10 Å². The van der Waals surface area contributed by atoms with Gasteiger partial charge in [0.1, 0.15) is 17.1 Å². The second kappa shape index (κ2) is 7.91. The number of hydrogen-bond donors (Lipinski definition) is 3. The van der Waals surface area contributed by atoms with Gasteiger partial charge in [0.2, 0.25) is 5.91 Å². The molecule has 0 bridgehead atoms. The standard InChI is InChI=1S/C21H25N5O4/c1-4-15-17-18(26(3)24-15)21(28)23-19(22-17)14-9-11(6-7-16(14)30-5-2)8-12-10-13(12)20(27)25-29/h6-7,9,12-13,29H,4-5,8,10H2,1-3H3,(H,25,27)(H,22,23,28). The zero-order chi connectivity index (χ0) is 21.4. The fourth-order valence-corrected chi connectivity index (χ4v) is 3.96. The molecule has 30 heavy (non-hydrogen) atoms. The zero-order valence-corrected chi connectivity index (χ0v) is 17.2. The summed E-state index contributed by atoms with van der Waals surface area (Å²) in [5, 5.41) is 13.2. The van der Waals surface area contributed by atoms with Gasteiger partial charge in [-0.15, -0.1) is 0 Å². The summed E-state index contributed by atoms with van der Waals surface area (Å²) in [7, 11) is 1.74. The number of carbonyl (C=O) groups excluding carboxylic acids is 1. The Morgan fingerprint density at radius 2 is 2.20 bits per heavy atom. The molecule has 2 aromatic heterocycles. The van der Waals surface area contributed by atoms with E-state index < -0.39 is 0 Å². The van der Waals surface area contributed by atoms with E-state index in [0.717, 1.165) is 17.7 Å². The third-order valence-electron chi connectivity index (χ3n) is 5.56. The molecule has 0 spiro atoms. The van der Waals surface area contributed by atoms with Crippen LogP contribution in [0.1, 0.15) is 31.5 Å². The number of aromatic amines is 1. The Labute approximate surface area is 173 Å². The first-order valence-corrected chi connectivity index (χ1v) is 10.1. The lowest BCUT2D eigenvalue weighted by molar-refractivity contribution is -0.130. The van der Waals surface area contributed by atoms with Gasteiger partial charge in [0.25, 0.3) is 5.56 Å². The number of aromatic nitrogens is 4. The van der Waals surface area contributed by atoms with Crippen LogP contribution in [0, 0.1) is 11.8 Å². The van der Waals surface area contributed by atoms with Crippen molar-refractivity contribution in [2.24, 2.45) is 18.9 Å². The minimum absolute atomic E-state index is 0.165. The second-order valence-electron chi connectivity index (χ2n) is 7.58. The highest BCUT2D eigenvalue weighted by molar-refractivity contribution is 5.81. The highest BCUT2D eigenvalue weighted by Gasteiger charge is 2.42. The fraction of sp³-hybridized carbons (Fsp3) is 0.429. The quantitative estimate of drug-likeness (QED) is 0.404. The zero-order valence-electron chi connectivity index (χ0n) is 17.2. The van der Waals surface area contributed by atoms with Gasteiger partial charge in [0.05, 0.1) is 17.9 Å². The summed E-state index contributed by atoms with van der Waals surface area (Å²) in [4.78, 5) is 31.9. The molecule has 3 aromatic rings. The first-order valence-electron chi connectivity index (χ1n) is 10.1. The lowest BCUT2D eigenvalue weighted by atomic mass is 10.0. The van der Waals surface area contributed by atoms with E-state index in [9.17, 15) is 9.59 Å². The van der Waals surface area contributed by atoms with Gasteiger partial charge in [-0.25, -0.2) is 10.5 Å². The Kier molecular flexibility index (Phi) is 5.29. The van der Waals surface area contributed by atoms with E-state index in [0.29, 0.717) is 47.6 Å². The number of benzene rings is 1. The van der Waals surface area contributed by atoms with Gasteiger partial charge in [-0.05, 0) is 49.8 Å². The molecular weight excluding hydrogens is 386 g/mol. The van der Waals surface area contributed by atoms with E-state index in [-0.39, 0.29) is 23.3 Å². The van der Waals surface area contributed by atoms with E-state index in [1.807, 2.05) is 32.0 Å². The largest absolute Gasteiger partial charge is 0.493 e. The number of nitrogens with zero attached hydrogens (tertiary/aromatic N) is 3. The topological polar surface area (TPSA) is 122 Å². The number of amides is 1. The molecule has 4 rings (SSSR count). The molecule has 1 fully saturated rings. The Morgan fingerprint density at radius 3 is 2.90 bits per heavy atom. The third-order valence-corrected chi connectivity index (χ3v) is 5.56. The van der Waals surface area contributed by atoms with Gasteiger partial charge in [-0.1, -0.05) is 13.0 Å². The van der Waals surface area contributed by atoms with Crippen molar-refractivity contribution in [3.63, 3.8) is 0 Å². The number of H-pyrrole nitrogens is 1. The van der Waals surface area contributed by atoms with Crippen LogP contribution in [0.15, 0.2) is 23.0 Å². The minimum Gasteiger partial charge on any atom is -0.493 e. The van der Waals surface area contributed by atoms with Crippen LogP contribution in [0.2, 0.25) is 0 Å². The minimum atomic E-state index is -0.341. The van der Waals surface area contributed by atoms with Gasteiger partial charge < -0.3 is 9.72 Å². The summed E-state index contributed by atoms with van der Waals surface area (Å²) in [5.41, 5.74) is 4.99. The third kappa shape index (κ3) is 3.56. The number of carbonyl (C=O) groups is 1. The Morgan fingerprint density at radius 1 is 1.40 bits per heavy atom. The molecular formula is C21H25N5O4. The number of nitrogens with one attached hydrogen (secondary N) is 2. The Bertz CT molecular complexity index is 1170. The van der Waals surface area contributed by atoms with Crippen molar-refractivity contribution in [2.45, 2.75) is 33.1 Å². The molecule has 1 amide bonds. The maximum absolute atomic E-state index is 12.8. The van der Waals surface area contributed by atoms with Crippen molar-refractivity contribution in [3.05, 3.63) is 39.8 Å². The molecule has 9 heteroatoms. The van der Waals surface area contributed by atoms with Gasteiger partial charge in [0, 0.05) is 13.0 Å². The van der Waals surface area contributed by atoms with E-state index >= 15 is 0 Å². The lowest BCUT2D eigenvalue weighted by Crippen LogP contribution is -2.21. The molecule has 1 aliphatic rings. The van der Waals surface area contributed by atoms with Crippen LogP contribution in [0.25, 0.3) is 22.4 Å². The summed E-state index contributed by atoms with van der Waals surface area (Å²) >= 11 is 0. The number of fused-ring (bicyclic) bond motifs is 1. The lowest BCUT2D eigenvalue weighted by Gasteiger charge is -2.12. The average Bonchev–Trinajstić information content (AvgIpc) is 3.42. The van der Waals surface area contributed by atoms with E-state index in [4.69, 9.17) is 14.9 Å². The van der Waals surface area contributed by atoms with E-state index in [1.165, 1.54) is 0 Å². The SMILES string of the molecule is CCOc1ccc(CC2CC2C(=O)NO)cc1-c1nc2c(CC)nn(C)c2c(=O)[nH]1. The van der Waals surface area contributed by atoms with E-state index in [2.05, 4.69) is 10.1 Å². The maximum Gasteiger partial charge on any atom is 0.277 e. The van der Waals surface area contributed by atoms with Crippen LogP contribution in [-0.2, 0) is 24.7 Å². The molecule has 0 aliphatic heterocycles. The number of hydroxylamine groups is 1. The number of hydrogen-bond acceptors (Lipinski definition) is 6. The highest BCUT2D eigenvalue weighted by Crippen LogP contribution is 2.42. The molecule has 2 heterocycles. The van der Waals surface area contributed by atoms with Crippen molar-refractivity contribution >= 4 is 16.9 Å². The molecule has 1 aromatic carbocycles. The monoisotopic (exact) mass is 411 g/mol. The molecule has 1 saturated carbocycles. The van der Waals surface area contributed by atoms with Gasteiger partial charge >= 0.3 is 0 Å². The fourth-order valence-electron chi connectivity index (χ4n) is 3.96. The number of ether oxygens (including phenoxy) is 1. The summed E-state index contributed by atoms with van der Waals surface area (Å²) in [6.07, 6.45) is 2.10. The van der Waals surface area contributed by atoms with Crippen molar-refractivity contribution < 1.29 is 14.7 Å². The Balaban J connectivity index is 1.75. The van der Waals surface area contributed by atoms with Crippen LogP contribution >= 0.6 is 0 Å². The molecule has 1 aliphatic carbocycles. The van der Waals surface area contributed by atoms with Gasteiger partial charge in [0.15, 0.2) is 5.52 Å². The van der Waals surface area contributed by atoms with E-state index in [1.54, 1.807) is 17.2 Å². The molecule has 158 valence electrons. The molecule has 9 nitrogen and oxygen atoms in total. The van der Waals surface area contributed by atoms with Crippen LogP contribution < -0.4 is 15.8 Å². The second-order valence-corrected chi connectivity index (χ2v) is 7.58. The first kappa shape index (κ1) is 20.1. The Hall–Kier alpha value is -3.20. The van der Waals surface area contributed by atoms with Crippen molar-refractivity contribution in [3.8, 4) is 17.1 Å². The number of aryl methyl sites for hydroxylation is 2. The van der Waals surface area contributed by atoms with Crippen molar-refractivity contribution in [1.82, 2.24) is 25.2 Å². The number of rotatable bonds is 7. The summed E-state index contributed by atoms with van der Waals surface area (Å²) in [6, 6.07) is 5.77. The molecule has 3 N–H and O–H groups in total. The average molecular weight is 411 g/mol. The van der Waals surface area contributed by atoms with Crippen LogP contribution in [0.5, 0.6) is 5.75 Å². The van der Waals surface area contributed by atoms with Crippen LogP contribution in [0.4, 0.5) is 0 Å². The predicted molar refractivity (Wildman–Crippen MR) is 110 cm³/mol. The van der Waals surface area contributed by atoms with Crippen LogP contribution in [0.3, 0.4) is 0 Å². The maximum atomic E-state index is 12.8. The normalized spacial score (nSPS) is 17.9. The van der Waals surface area contributed by atoms with Gasteiger partial charge in [-0.3, -0.25) is 19.5 Å². The highest BCUT2D eigenvalue weighted by atomic mass is 16.5. The molecule has 2 unspecified atom stereocenters. The summed E-state index contributed by atoms with van der Waals surface area (Å²) in [6.45, 7) is 4.36. The van der Waals surface area contributed by atoms with Crippen molar-refractivity contribution in [1.29, 1.82) is 0 Å². The first-order chi connectivity index (χ1) is 14.5. The predicted octanol–water partition coefficient (Wildman–Crippen LogP) is 1.97.